The van der Waals surface area contributed by atoms with E-state index in [4.69, 9.17) is 0 Å². The number of aliphatic hydroxyl groups excluding tert-OH is 1. The highest BCUT2D eigenvalue weighted by atomic mass is 32.1. The third-order valence-corrected chi connectivity index (χ3v) is 4.30. The number of hydrogen-bond donors (Lipinski definition) is 3. The molecule has 1 aliphatic carbocycles. The average molecular weight is 297 g/mol. The molecule has 0 bridgehead atoms. The van der Waals surface area contributed by atoms with Gasteiger partial charge in [0.1, 0.15) is 5.82 Å². The number of carbonyl (C=O) groups excluding carboxylic acids is 1. The van der Waals surface area contributed by atoms with Gasteiger partial charge in [0.25, 0.3) is 5.91 Å². The van der Waals surface area contributed by atoms with Gasteiger partial charge in [-0.15, -0.1) is 12.6 Å². The first-order valence-electron chi connectivity index (χ1n) is 6.99. The highest BCUT2D eigenvalue weighted by Gasteiger charge is 2.25. The monoisotopic (exact) mass is 297 g/mol. The van der Waals surface area contributed by atoms with Crippen molar-refractivity contribution >= 4 is 18.5 Å². The minimum absolute atomic E-state index is 0.0221. The Hall–Kier alpha value is -1.07. The third kappa shape index (κ3) is 3.73. The number of rotatable bonds is 4. The van der Waals surface area contributed by atoms with Gasteiger partial charge in [-0.3, -0.25) is 4.79 Å². The number of hydrogen-bond acceptors (Lipinski definition) is 3. The number of carbonyl (C=O) groups is 1. The number of aliphatic hydroxyl groups is 1. The molecule has 0 saturated heterocycles. The second-order valence-electron chi connectivity index (χ2n) is 5.36. The smallest absolute Gasteiger partial charge is 0.254 e. The molecule has 2 unspecified atom stereocenters. The average Bonchev–Trinajstić information content (AvgIpc) is 2.47. The molecule has 0 spiro atoms. The molecule has 2 N–H and O–H groups in total. The second kappa shape index (κ2) is 7.09. The quantitative estimate of drug-likeness (QED) is 0.748. The van der Waals surface area contributed by atoms with Crippen LogP contribution in [0.3, 0.4) is 0 Å². The lowest BCUT2D eigenvalue weighted by atomic mass is 9.79. The van der Waals surface area contributed by atoms with Crippen molar-refractivity contribution in [2.75, 3.05) is 13.2 Å². The lowest BCUT2D eigenvalue weighted by Crippen LogP contribution is -2.35. The Morgan fingerprint density at radius 2 is 2.05 bits per heavy atom. The SMILES string of the molecule is O=C(NCC1CCCCC1CO)c1cc(S)ccc1F. The number of thiol groups is 1. The Labute approximate surface area is 124 Å². The van der Waals surface area contributed by atoms with Crippen molar-refractivity contribution in [1.29, 1.82) is 0 Å². The van der Waals surface area contributed by atoms with Gasteiger partial charge >= 0.3 is 0 Å². The van der Waals surface area contributed by atoms with Gasteiger partial charge in [-0.25, -0.2) is 4.39 Å². The van der Waals surface area contributed by atoms with E-state index in [0.717, 1.165) is 25.7 Å². The zero-order valence-corrected chi connectivity index (χ0v) is 12.2. The molecule has 2 rings (SSSR count). The van der Waals surface area contributed by atoms with Crippen LogP contribution in [0.15, 0.2) is 23.1 Å². The molecule has 3 nitrogen and oxygen atoms in total. The lowest BCUT2D eigenvalue weighted by molar-refractivity contribution is 0.0905. The zero-order chi connectivity index (χ0) is 14.5. The molecule has 0 aliphatic heterocycles. The van der Waals surface area contributed by atoms with Crippen molar-refractivity contribution in [2.24, 2.45) is 11.8 Å². The van der Waals surface area contributed by atoms with Gasteiger partial charge in [0.2, 0.25) is 0 Å². The predicted molar refractivity (Wildman–Crippen MR) is 78.5 cm³/mol. The number of nitrogens with one attached hydrogen (secondary N) is 1. The van der Waals surface area contributed by atoms with Crippen molar-refractivity contribution < 1.29 is 14.3 Å². The highest BCUT2D eigenvalue weighted by Crippen LogP contribution is 2.29. The van der Waals surface area contributed by atoms with Gasteiger partial charge in [-0.1, -0.05) is 12.8 Å². The first-order chi connectivity index (χ1) is 9.61. The summed E-state index contributed by atoms with van der Waals surface area (Å²) in [4.78, 5) is 12.6. The zero-order valence-electron chi connectivity index (χ0n) is 11.3. The normalized spacial score (nSPS) is 22.6. The van der Waals surface area contributed by atoms with E-state index in [1.807, 2.05) is 0 Å². The summed E-state index contributed by atoms with van der Waals surface area (Å²) < 4.78 is 13.6. The number of benzene rings is 1. The summed E-state index contributed by atoms with van der Waals surface area (Å²) in [5.41, 5.74) is 0.0221. The van der Waals surface area contributed by atoms with E-state index in [1.165, 1.54) is 18.2 Å². The second-order valence-corrected chi connectivity index (χ2v) is 5.88. The predicted octanol–water partition coefficient (Wildman–Crippen LogP) is 2.64. The molecule has 1 aromatic carbocycles. The molecule has 20 heavy (non-hydrogen) atoms. The van der Waals surface area contributed by atoms with Crippen molar-refractivity contribution in [1.82, 2.24) is 5.32 Å². The number of amides is 1. The third-order valence-electron chi connectivity index (χ3n) is 4.02. The van der Waals surface area contributed by atoms with Crippen molar-refractivity contribution in [3.63, 3.8) is 0 Å². The summed E-state index contributed by atoms with van der Waals surface area (Å²) in [6, 6.07) is 4.19. The fraction of sp³-hybridized carbons (Fsp3) is 0.533. The molecular formula is C15H20FNO2S. The van der Waals surface area contributed by atoms with Gasteiger partial charge in [0, 0.05) is 18.0 Å². The molecule has 1 amide bonds. The van der Waals surface area contributed by atoms with E-state index < -0.39 is 11.7 Å². The van der Waals surface area contributed by atoms with Crippen LogP contribution in [0.4, 0.5) is 4.39 Å². The topological polar surface area (TPSA) is 49.3 Å². The fourth-order valence-electron chi connectivity index (χ4n) is 2.80. The summed E-state index contributed by atoms with van der Waals surface area (Å²) in [5.74, 6) is -0.437. The summed E-state index contributed by atoms with van der Waals surface area (Å²) in [6.45, 7) is 0.640. The van der Waals surface area contributed by atoms with Crippen LogP contribution in [-0.2, 0) is 0 Å². The standard InChI is InChI=1S/C15H20FNO2S/c16-14-6-5-12(20)7-13(14)15(19)17-8-10-3-1-2-4-11(10)9-18/h5-7,10-11,18,20H,1-4,8-9H2,(H,17,19). The summed E-state index contributed by atoms with van der Waals surface area (Å²) >= 11 is 4.12. The minimum atomic E-state index is -0.539. The molecular weight excluding hydrogens is 277 g/mol. The molecule has 110 valence electrons. The minimum Gasteiger partial charge on any atom is -0.396 e. The summed E-state index contributed by atoms with van der Waals surface area (Å²) in [6.07, 6.45) is 4.25. The lowest BCUT2D eigenvalue weighted by Gasteiger charge is -2.30. The Bertz CT molecular complexity index is 481. The van der Waals surface area contributed by atoms with Gasteiger partial charge < -0.3 is 10.4 Å². The van der Waals surface area contributed by atoms with Crippen LogP contribution in [0.1, 0.15) is 36.0 Å². The number of halogens is 1. The maximum absolute atomic E-state index is 13.6. The molecule has 1 aromatic rings. The van der Waals surface area contributed by atoms with E-state index in [9.17, 15) is 14.3 Å². The van der Waals surface area contributed by atoms with Gasteiger partial charge in [-0.05, 0) is 42.9 Å². The van der Waals surface area contributed by atoms with E-state index in [1.54, 1.807) is 0 Å². The maximum Gasteiger partial charge on any atom is 0.254 e. The Morgan fingerprint density at radius 3 is 2.75 bits per heavy atom. The van der Waals surface area contributed by atoms with Crippen LogP contribution in [0, 0.1) is 17.7 Å². The molecule has 1 fully saturated rings. The maximum atomic E-state index is 13.6. The van der Waals surface area contributed by atoms with E-state index in [-0.39, 0.29) is 24.0 Å². The Kier molecular flexibility index (Phi) is 5.43. The molecule has 0 heterocycles. The molecule has 5 heteroatoms. The van der Waals surface area contributed by atoms with Crippen molar-refractivity contribution in [3.05, 3.63) is 29.6 Å². The van der Waals surface area contributed by atoms with E-state index in [2.05, 4.69) is 17.9 Å². The van der Waals surface area contributed by atoms with Crippen molar-refractivity contribution in [3.8, 4) is 0 Å². The fourth-order valence-corrected chi connectivity index (χ4v) is 3.00. The largest absolute Gasteiger partial charge is 0.396 e. The Morgan fingerprint density at radius 1 is 1.35 bits per heavy atom. The van der Waals surface area contributed by atoms with Gasteiger partial charge in [-0.2, -0.15) is 0 Å². The Balaban J connectivity index is 1.96. The first kappa shape index (κ1) is 15.3. The molecule has 2 atom stereocenters. The van der Waals surface area contributed by atoms with Crippen LogP contribution in [0.5, 0.6) is 0 Å². The first-order valence-corrected chi connectivity index (χ1v) is 7.44. The van der Waals surface area contributed by atoms with E-state index in [0.29, 0.717) is 11.4 Å². The van der Waals surface area contributed by atoms with Crippen molar-refractivity contribution in [2.45, 2.75) is 30.6 Å². The van der Waals surface area contributed by atoms with Crippen LogP contribution in [0.25, 0.3) is 0 Å². The van der Waals surface area contributed by atoms with Gasteiger partial charge in [0.05, 0.1) is 5.56 Å². The molecule has 0 radical (unpaired) electrons. The molecule has 0 aromatic heterocycles. The highest BCUT2D eigenvalue weighted by molar-refractivity contribution is 7.80. The van der Waals surface area contributed by atoms with Crippen LogP contribution in [-0.4, -0.2) is 24.2 Å². The van der Waals surface area contributed by atoms with Crippen LogP contribution in [0.2, 0.25) is 0 Å². The van der Waals surface area contributed by atoms with Gasteiger partial charge in [0.15, 0.2) is 0 Å². The van der Waals surface area contributed by atoms with Crippen LogP contribution < -0.4 is 5.32 Å². The van der Waals surface area contributed by atoms with Crippen LogP contribution >= 0.6 is 12.6 Å². The summed E-state index contributed by atoms with van der Waals surface area (Å²) in [5, 5.41) is 12.1. The summed E-state index contributed by atoms with van der Waals surface area (Å²) in [7, 11) is 0. The van der Waals surface area contributed by atoms with E-state index >= 15 is 0 Å². The molecule has 1 aliphatic rings. The molecule has 1 saturated carbocycles.